The van der Waals surface area contributed by atoms with Gasteiger partial charge in [0.1, 0.15) is 5.75 Å². The monoisotopic (exact) mass is 342 g/mol. The maximum atomic E-state index is 12.9. The van der Waals surface area contributed by atoms with Gasteiger partial charge in [-0.2, -0.15) is 13.2 Å². The number of alkyl halides is 3. The zero-order valence-corrected chi connectivity index (χ0v) is 12.6. The number of piperazine rings is 1. The summed E-state index contributed by atoms with van der Waals surface area (Å²) in [5, 5.41) is 13.3. The van der Waals surface area contributed by atoms with Gasteiger partial charge in [-0.15, -0.1) is 0 Å². The van der Waals surface area contributed by atoms with Crippen LogP contribution in [-0.4, -0.2) is 42.4 Å². The van der Waals surface area contributed by atoms with Gasteiger partial charge in [0.2, 0.25) is 0 Å². The molecule has 0 amide bonds. The Bertz CT molecular complexity index is 482. The van der Waals surface area contributed by atoms with Crippen LogP contribution < -0.4 is 5.32 Å². The highest BCUT2D eigenvalue weighted by molar-refractivity contribution is 6.35. The van der Waals surface area contributed by atoms with Gasteiger partial charge >= 0.3 is 6.18 Å². The van der Waals surface area contributed by atoms with Crippen LogP contribution in [0.2, 0.25) is 10.0 Å². The number of benzene rings is 1. The highest BCUT2D eigenvalue weighted by Gasteiger charge is 2.38. The minimum Gasteiger partial charge on any atom is -0.508 e. The largest absolute Gasteiger partial charge is 0.508 e. The van der Waals surface area contributed by atoms with Crippen LogP contribution in [0.25, 0.3) is 0 Å². The smallest absolute Gasteiger partial charge is 0.390 e. The lowest BCUT2D eigenvalue weighted by molar-refractivity contribution is -0.148. The second-order valence-corrected chi connectivity index (χ2v) is 5.79. The van der Waals surface area contributed by atoms with Crippen LogP contribution in [0.1, 0.15) is 18.0 Å². The summed E-state index contributed by atoms with van der Waals surface area (Å²) in [4.78, 5) is 1.68. The van der Waals surface area contributed by atoms with Crippen molar-refractivity contribution in [1.29, 1.82) is 0 Å². The molecule has 0 spiro atoms. The van der Waals surface area contributed by atoms with Crippen molar-refractivity contribution in [2.45, 2.75) is 18.6 Å². The van der Waals surface area contributed by atoms with Gasteiger partial charge in [-0.1, -0.05) is 23.2 Å². The van der Waals surface area contributed by atoms with Crippen molar-refractivity contribution in [2.75, 3.05) is 26.2 Å². The number of rotatable bonds is 3. The Morgan fingerprint density at radius 2 is 1.86 bits per heavy atom. The highest BCUT2D eigenvalue weighted by atomic mass is 35.5. The van der Waals surface area contributed by atoms with Gasteiger partial charge in [-0.05, 0) is 12.1 Å². The van der Waals surface area contributed by atoms with Gasteiger partial charge in [-0.3, -0.25) is 4.90 Å². The highest BCUT2D eigenvalue weighted by Crippen LogP contribution is 2.42. The van der Waals surface area contributed by atoms with E-state index in [0.717, 1.165) is 0 Å². The quantitative estimate of drug-likeness (QED) is 0.880. The number of nitrogens with one attached hydrogen (secondary N) is 1. The predicted octanol–water partition coefficient (Wildman–Crippen LogP) is 3.60. The van der Waals surface area contributed by atoms with Crippen LogP contribution in [0.5, 0.6) is 5.75 Å². The number of halogens is 5. The first-order valence-electron chi connectivity index (χ1n) is 6.47. The van der Waals surface area contributed by atoms with Gasteiger partial charge < -0.3 is 10.4 Å². The summed E-state index contributed by atoms with van der Waals surface area (Å²) in [7, 11) is 0. The fourth-order valence-electron chi connectivity index (χ4n) is 2.53. The van der Waals surface area contributed by atoms with Crippen molar-refractivity contribution in [1.82, 2.24) is 10.2 Å². The molecule has 118 valence electrons. The molecule has 1 aromatic carbocycles. The number of nitrogens with zero attached hydrogens (tertiary/aromatic N) is 1. The van der Waals surface area contributed by atoms with Crippen molar-refractivity contribution in [3.63, 3.8) is 0 Å². The molecule has 2 rings (SSSR count). The van der Waals surface area contributed by atoms with Gasteiger partial charge in [0, 0.05) is 42.8 Å². The molecule has 2 N–H and O–H groups in total. The van der Waals surface area contributed by atoms with E-state index in [1.54, 1.807) is 4.90 Å². The van der Waals surface area contributed by atoms with Crippen LogP contribution in [0.4, 0.5) is 13.2 Å². The maximum Gasteiger partial charge on any atom is 0.390 e. The van der Waals surface area contributed by atoms with Crippen LogP contribution in [0.15, 0.2) is 12.1 Å². The standard InChI is InChI=1S/C13H15Cl2F3N2O/c14-8-5-9(15)12(11(21)6-8)10(7-13(16,17)18)20-3-1-19-2-4-20/h5-6,10,19,21H,1-4,7H2/t10-/m1/s1. The Morgan fingerprint density at radius 3 is 2.38 bits per heavy atom. The fourth-order valence-corrected chi connectivity index (χ4v) is 3.14. The fraction of sp³-hybridized carbons (Fsp3) is 0.538. The zero-order valence-electron chi connectivity index (χ0n) is 11.1. The third kappa shape index (κ3) is 4.39. The number of hydrogen-bond acceptors (Lipinski definition) is 3. The first-order chi connectivity index (χ1) is 9.78. The molecule has 0 aromatic heterocycles. The normalized spacial score (nSPS) is 18.7. The van der Waals surface area contributed by atoms with E-state index in [4.69, 9.17) is 23.2 Å². The number of aromatic hydroxyl groups is 1. The molecule has 1 aromatic rings. The van der Waals surface area contributed by atoms with E-state index in [-0.39, 0.29) is 21.4 Å². The molecule has 0 saturated carbocycles. The first-order valence-corrected chi connectivity index (χ1v) is 7.23. The molecule has 0 aliphatic carbocycles. The third-order valence-electron chi connectivity index (χ3n) is 3.42. The molecule has 1 heterocycles. The lowest BCUT2D eigenvalue weighted by Crippen LogP contribution is -2.46. The third-order valence-corrected chi connectivity index (χ3v) is 3.95. The Hall–Kier alpha value is -0.690. The van der Waals surface area contributed by atoms with E-state index in [0.29, 0.717) is 26.2 Å². The summed E-state index contributed by atoms with van der Waals surface area (Å²) in [6, 6.07) is 1.55. The molecule has 0 bridgehead atoms. The van der Waals surface area contributed by atoms with Crippen LogP contribution in [0, 0.1) is 0 Å². The van der Waals surface area contributed by atoms with Crippen molar-refractivity contribution in [2.24, 2.45) is 0 Å². The van der Waals surface area contributed by atoms with Gasteiger partial charge in [-0.25, -0.2) is 0 Å². The summed E-state index contributed by atoms with van der Waals surface area (Å²) in [6.07, 6.45) is -5.42. The molecular formula is C13H15Cl2F3N2O. The van der Waals surface area contributed by atoms with Crippen LogP contribution in [-0.2, 0) is 0 Å². The van der Waals surface area contributed by atoms with Crippen molar-refractivity contribution in [3.05, 3.63) is 27.7 Å². The van der Waals surface area contributed by atoms with Gasteiger partial charge in [0.05, 0.1) is 11.4 Å². The molecular weight excluding hydrogens is 328 g/mol. The van der Waals surface area contributed by atoms with E-state index < -0.39 is 18.6 Å². The molecule has 1 atom stereocenters. The van der Waals surface area contributed by atoms with E-state index in [9.17, 15) is 18.3 Å². The second kappa shape index (κ2) is 6.60. The summed E-state index contributed by atoms with van der Waals surface area (Å²) in [5.74, 6) is -0.305. The average molecular weight is 343 g/mol. The van der Waals surface area contributed by atoms with Crippen molar-refractivity contribution in [3.8, 4) is 5.75 Å². The zero-order chi connectivity index (χ0) is 15.6. The molecule has 0 radical (unpaired) electrons. The summed E-state index contributed by atoms with van der Waals surface area (Å²) < 4.78 is 38.7. The number of phenolic OH excluding ortho intramolecular Hbond substituents is 1. The summed E-state index contributed by atoms with van der Waals surface area (Å²) >= 11 is 11.8. The molecule has 0 unspecified atom stereocenters. The lowest BCUT2D eigenvalue weighted by Gasteiger charge is -2.36. The summed E-state index contributed by atoms with van der Waals surface area (Å²) in [6.45, 7) is 2.11. The van der Waals surface area contributed by atoms with Crippen LogP contribution >= 0.6 is 23.2 Å². The summed E-state index contributed by atoms with van der Waals surface area (Å²) in [5.41, 5.74) is 0.0836. The topological polar surface area (TPSA) is 35.5 Å². The van der Waals surface area contributed by atoms with E-state index >= 15 is 0 Å². The van der Waals surface area contributed by atoms with Gasteiger partial charge in [0.15, 0.2) is 0 Å². The average Bonchev–Trinajstić information content (AvgIpc) is 2.36. The van der Waals surface area contributed by atoms with E-state index in [1.807, 2.05) is 0 Å². The van der Waals surface area contributed by atoms with Gasteiger partial charge in [0.25, 0.3) is 0 Å². The molecule has 1 fully saturated rings. The minimum absolute atomic E-state index is 0.0489. The molecule has 8 heteroatoms. The molecule has 21 heavy (non-hydrogen) atoms. The SMILES string of the molecule is Oc1cc(Cl)cc(Cl)c1[C@@H](CC(F)(F)F)N1CCNCC1. The second-order valence-electron chi connectivity index (χ2n) is 4.94. The lowest BCUT2D eigenvalue weighted by atomic mass is 9.99. The number of phenols is 1. The van der Waals surface area contributed by atoms with E-state index in [2.05, 4.69) is 5.32 Å². The molecule has 1 aliphatic heterocycles. The van der Waals surface area contributed by atoms with Crippen molar-refractivity contribution < 1.29 is 18.3 Å². The van der Waals surface area contributed by atoms with Crippen LogP contribution in [0.3, 0.4) is 0 Å². The first kappa shape index (κ1) is 16.7. The van der Waals surface area contributed by atoms with E-state index in [1.165, 1.54) is 12.1 Å². The number of hydrogen-bond donors (Lipinski definition) is 2. The minimum atomic E-state index is -4.36. The maximum absolute atomic E-state index is 12.9. The molecule has 1 saturated heterocycles. The Morgan fingerprint density at radius 1 is 1.24 bits per heavy atom. The predicted molar refractivity (Wildman–Crippen MR) is 76.0 cm³/mol. The molecule has 3 nitrogen and oxygen atoms in total. The van der Waals surface area contributed by atoms with Crippen molar-refractivity contribution >= 4 is 23.2 Å². The Labute approximate surface area is 130 Å². The Kier molecular flexibility index (Phi) is 5.24. The molecule has 1 aliphatic rings. The Balaban J connectivity index is 2.39.